The molecule has 21 heavy (non-hydrogen) atoms. The summed E-state index contributed by atoms with van der Waals surface area (Å²) in [4.78, 5) is 0.170. The SMILES string of the molecule is Cc1ccc(C)c(S(=O)(=O)NCCCn2ccnn2)c1N. The van der Waals surface area contributed by atoms with Crippen molar-refractivity contribution in [3.05, 3.63) is 35.7 Å². The van der Waals surface area contributed by atoms with E-state index in [0.717, 1.165) is 5.56 Å². The molecule has 0 saturated heterocycles. The van der Waals surface area contributed by atoms with Crippen LogP contribution in [0.2, 0.25) is 0 Å². The zero-order chi connectivity index (χ0) is 15.5. The molecule has 0 bridgehead atoms. The summed E-state index contributed by atoms with van der Waals surface area (Å²) in [6.45, 7) is 4.44. The monoisotopic (exact) mass is 309 g/mol. The van der Waals surface area contributed by atoms with E-state index in [1.165, 1.54) is 0 Å². The Labute approximate surface area is 124 Å². The van der Waals surface area contributed by atoms with Crippen LogP contribution in [-0.2, 0) is 16.6 Å². The van der Waals surface area contributed by atoms with E-state index in [4.69, 9.17) is 5.73 Å². The Morgan fingerprint density at radius 3 is 2.67 bits per heavy atom. The van der Waals surface area contributed by atoms with Crippen LogP contribution in [0.15, 0.2) is 29.4 Å². The highest BCUT2D eigenvalue weighted by Crippen LogP contribution is 2.25. The first kappa shape index (κ1) is 15.5. The topological polar surface area (TPSA) is 103 Å². The number of anilines is 1. The maximum Gasteiger partial charge on any atom is 0.242 e. The molecule has 0 aliphatic heterocycles. The van der Waals surface area contributed by atoms with Gasteiger partial charge in [0.05, 0.1) is 11.9 Å². The van der Waals surface area contributed by atoms with Crippen LogP contribution in [0.3, 0.4) is 0 Å². The molecule has 2 rings (SSSR count). The third kappa shape index (κ3) is 3.59. The van der Waals surface area contributed by atoms with Crippen molar-refractivity contribution in [2.45, 2.75) is 31.7 Å². The normalized spacial score (nSPS) is 11.7. The van der Waals surface area contributed by atoms with Gasteiger partial charge in [0.25, 0.3) is 0 Å². The molecule has 1 heterocycles. The second kappa shape index (κ2) is 6.23. The molecule has 114 valence electrons. The van der Waals surface area contributed by atoms with Gasteiger partial charge in [-0.3, -0.25) is 4.68 Å². The summed E-state index contributed by atoms with van der Waals surface area (Å²) in [5.74, 6) is 0. The van der Waals surface area contributed by atoms with Crippen molar-refractivity contribution in [1.82, 2.24) is 19.7 Å². The van der Waals surface area contributed by atoms with E-state index in [1.54, 1.807) is 37.0 Å². The molecule has 0 fully saturated rings. The standard InChI is InChI=1S/C13H19N5O2S/c1-10-4-5-11(2)13(12(10)14)21(19,20)16-6-3-8-18-9-7-15-17-18/h4-5,7,9,16H,3,6,8,14H2,1-2H3. The second-order valence-electron chi connectivity index (χ2n) is 4.86. The summed E-state index contributed by atoms with van der Waals surface area (Å²) < 4.78 is 29.0. The number of nitrogens with two attached hydrogens (primary N) is 1. The molecule has 0 aliphatic carbocycles. The van der Waals surface area contributed by atoms with Gasteiger partial charge in [0.2, 0.25) is 10.0 Å². The van der Waals surface area contributed by atoms with Crippen LogP contribution in [0.4, 0.5) is 5.69 Å². The van der Waals surface area contributed by atoms with Crippen molar-refractivity contribution in [2.75, 3.05) is 12.3 Å². The molecule has 0 radical (unpaired) electrons. The molecule has 0 aliphatic rings. The molecular weight excluding hydrogens is 290 g/mol. The fourth-order valence-electron chi connectivity index (χ4n) is 2.04. The molecule has 0 atom stereocenters. The Bertz CT molecular complexity index is 710. The molecular formula is C13H19N5O2S. The first-order valence-corrected chi connectivity index (χ1v) is 8.09. The lowest BCUT2D eigenvalue weighted by Crippen LogP contribution is -2.27. The van der Waals surface area contributed by atoms with E-state index in [9.17, 15) is 8.42 Å². The number of sulfonamides is 1. The minimum absolute atomic E-state index is 0.170. The average molecular weight is 309 g/mol. The molecule has 1 aromatic carbocycles. The lowest BCUT2D eigenvalue weighted by Gasteiger charge is -2.13. The zero-order valence-electron chi connectivity index (χ0n) is 12.1. The molecule has 3 N–H and O–H groups in total. The van der Waals surface area contributed by atoms with Gasteiger partial charge in [-0.25, -0.2) is 13.1 Å². The summed E-state index contributed by atoms with van der Waals surface area (Å²) in [6.07, 6.45) is 3.94. The highest BCUT2D eigenvalue weighted by molar-refractivity contribution is 7.89. The highest BCUT2D eigenvalue weighted by Gasteiger charge is 2.20. The Balaban J connectivity index is 2.04. The van der Waals surface area contributed by atoms with Gasteiger partial charge in [0.1, 0.15) is 4.90 Å². The van der Waals surface area contributed by atoms with Crippen LogP contribution in [0, 0.1) is 13.8 Å². The highest BCUT2D eigenvalue weighted by atomic mass is 32.2. The average Bonchev–Trinajstić information content (AvgIpc) is 2.92. The molecule has 0 saturated carbocycles. The summed E-state index contributed by atoms with van der Waals surface area (Å²) in [7, 11) is -3.61. The van der Waals surface area contributed by atoms with Crippen molar-refractivity contribution in [2.24, 2.45) is 0 Å². The number of hydrogen-bond acceptors (Lipinski definition) is 5. The number of rotatable bonds is 6. The van der Waals surface area contributed by atoms with E-state index in [0.29, 0.717) is 30.8 Å². The van der Waals surface area contributed by atoms with E-state index < -0.39 is 10.0 Å². The van der Waals surface area contributed by atoms with Crippen LogP contribution in [0.5, 0.6) is 0 Å². The lowest BCUT2D eigenvalue weighted by atomic mass is 10.1. The van der Waals surface area contributed by atoms with Gasteiger partial charge in [0.15, 0.2) is 0 Å². The van der Waals surface area contributed by atoms with Gasteiger partial charge in [-0.1, -0.05) is 17.3 Å². The van der Waals surface area contributed by atoms with Gasteiger partial charge in [-0.2, -0.15) is 0 Å². The van der Waals surface area contributed by atoms with Crippen molar-refractivity contribution in [1.29, 1.82) is 0 Å². The molecule has 2 aromatic rings. The van der Waals surface area contributed by atoms with Crippen LogP contribution in [-0.4, -0.2) is 30.0 Å². The largest absolute Gasteiger partial charge is 0.397 e. The maximum absolute atomic E-state index is 12.4. The molecule has 0 spiro atoms. The van der Waals surface area contributed by atoms with Crippen molar-refractivity contribution in [3.63, 3.8) is 0 Å². The first-order chi connectivity index (χ1) is 9.92. The zero-order valence-corrected chi connectivity index (χ0v) is 12.9. The number of hydrogen-bond donors (Lipinski definition) is 2. The predicted molar refractivity (Wildman–Crippen MR) is 80.2 cm³/mol. The van der Waals surface area contributed by atoms with Crippen LogP contribution in [0.25, 0.3) is 0 Å². The second-order valence-corrected chi connectivity index (χ2v) is 6.56. The van der Waals surface area contributed by atoms with Gasteiger partial charge >= 0.3 is 0 Å². The number of nitrogen functional groups attached to an aromatic ring is 1. The Morgan fingerprint density at radius 1 is 1.29 bits per heavy atom. The number of benzene rings is 1. The fourth-order valence-corrected chi connectivity index (χ4v) is 3.54. The van der Waals surface area contributed by atoms with E-state index >= 15 is 0 Å². The molecule has 1 aromatic heterocycles. The number of aryl methyl sites for hydroxylation is 3. The molecule has 0 amide bonds. The van der Waals surface area contributed by atoms with Crippen molar-refractivity contribution in [3.8, 4) is 0 Å². The quantitative estimate of drug-likeness (QED) is 0.608. The molecule has 0 unspecified atom stereocenters. The van der Waals surface area contributed by atoms with Crippen molar-refractivity contribution < 1.29 is 8.42 Å². The minimum atomic E-state index is -3.61. The van der Waals surface area contributed by atoms with Crippen LogP contribution < -0.4 is 10.5 Å². The van der Waals surface area contributed by atoms with E-state index in [-0.39, 0.29) is 4.90 Å². The lowest BCUT2D eigenvalue weighted by molar-refractivity contribution is 0.542. The fraction of sp³-hybridized carbons (Fsp3) is 0.385. The predicted octanol–water partition coefficient (Wildman–Crippen LogP) is 0.846. The summed E-state index contributed by atoms with van der Waals surface area (Å²) in [5.41, 5.74) is 7.61. The Kier molecular flexibility index (Phi) is 4.59. The Hall–Kier alpha value is -1.93. The van der Waals surface area contributed by atoms with Gasteiger partial charge in [0, 0.05) is 19.3 Å². The molecule has 7 nitrogen and oxygen atoms in total. The van der Waals surface area contributed by atoms with Crippen LogP contribution >= 0.6 is 0 Å². The summed E-state index contributed by atoms with van der Waals surface area (Å²) in [5, 5.41) is 7.51. The van der Waals surface area contributed by atoms with E-state index in [1.807, 2.05) is 6.07 Å². The Morgan fingerprint density at radius 2 is 2.00 bits per heavy atom. The van der Waals surface area contributed by atoms with Crippen LogP contribution in [0.1, 0.15) is 17.5 Å². The smallest absolute Gasteiger partial charge is 0.242 e. The summed E-state index contributed by atoms with van der Waals surface area (Å²) >= 11 is 0. The third-order valence-corrected chi connectivity index (χ3v) is 4.87. The summed E-state index contributed by atoms with van der Waals surface area (Å²) in [6, 6.07) is 3.57. The maximum atomic E-state index is 12.4. The minimum Gasteiger partial charge on any atom is -0.397 e. The number of nitrogens with one attached hydrogen (secondary N) is 1. The number of aromatic nitrogens is 3. The van der Waals surface area contributed by atoms with Gasteiger partial charge in [-0.05, 0) is 31.4 Å². The molecule has 8 heteroatoms. The third-order valence-electron chi connectivity index (χ3n) is 3.21. The van der Waals surface area contributed by atoms with E-state index in [2.05, 4.69) is 15.0 Å². The van der Waals surface area contributed by atoms with Gasteiger partial charge < -0.3 is 5.73 Å². The van der Waals surface area contributed by atoms with Gasteiger partial charge in [-0.15, -0.1) is 5.10 Å². The van der Waals surface area contributed by atoms with Crippen molar-refractivity contribution >= 4 is 15.7 Å². The first-order valence-electron chi connectivity index (χ1n) is 6.61. The number of nitrogens with zero attached hydrogens (tertiary/aromatic N) is 3.